The molecule has 5 nitrogen and oxygen atoms in total. The maximum atomic E-state index is 11.3. The average Bonchev–Trinajstić information content (AvgIpc) is 2.29. The average molecular weight is 242 g/mol. The van der Waals surface area contributed by atoms with Crippen molar-refractivity contribution in [1.82, 2.24) is 10.2 Å². The van der Waals surface area contributed by atoms with E-state index >= 15 is 0 Å². The highest BCUT2D eigenvalue weighted by molar-refractivity contribution is 5.88. The minimum Gasteiger partial charge on any atom is -0.466 e. The highest BCUT2D eigenvalue weighted by Gasteiger charge is 2.08. The van der Waals surface area contributed by atoms with E-state index in [1.54, 1.807) is 6.08 Å². The van der Waals surface area contributed by atoms with E-state index in [0.29, 0.717) is 31.6 Å². The molecule has 17 heavy (non-hydrogen) atoms. The molecule has 0 spiro atoms. The Bertz CT molecular complexity index is 287. The molecule has 0 bridgehead atoms. The molecule has 1 N–H and O–H groups in total. The first-order valence-corrected chi connectivity index (χ1v) is 5.77. The monoisotopic (exact) mass is 242 g/mol. The van der Waals surface area contributed by atoms with Crippen molar-refractivity contribution in [3.05, 3.63) is 11.6 Å². The van der Waals surface area contributed by atoms with E-state index in [1.165, 1.54) is 7.11 Å². The van der Waals surface area contributed by atoms with E-state index in [9.17, 15) is 9.59 Å². The quantitative estimate of drug-likeness (QED) is 0.523. The predicted molar refractivity (Wildman–Crippen MR) is 66.6 cm³/mol. The number of nitrogens with zero attached hydrogens (tertiary/aromatic N) is 1. The molecule has 98 valence electrons. The molecule has 0 aromatic rings. The Balaban J connectivity index is 4.19. The first kappa shape index (κ1) is 15.6. The van der Waals surface area contributed by atoms with Crippen LogP contribution in [-0.2, 0) is 14.3 Å². The lowest BCUT2D eigenvalue weighted by molar-refractivity contribution is -0.136. The van der Waals surface area contributed by atoms with E-state index < -0.39 is 0 Å². The summed E-state index contributed by atoms with van der Waals surface area (Å²) in [5.74, 6) is -0.321. The van der Waals surface area contributed by atoms with Gasteiger partial charge < -0.3 is 10.1 Å². The maximum absolute atomic E-state index is 11.3. The lowest BCUT2D eigenvalue weighted by atomic mass is 10.2. The van der Waals surface area contributed by atoms with Crippen LogP contribution >= 0.6 is 0 Å². The molecule has 0 saturated carbocycles. The third-order valence-corrected chi connectivity index (χ3v) is 2.27. The predicted octanol–water partition coefficient (Wildman–Crippen LogP) is 0.564. The van der Waals surface area contributed by atoms with Crippen molar-refractivity contribution in [3.8, 4) is 0 Å². The number of rotatable bonds is 7. The highest BCUT2D eigenvalue weighted by Crippen LogP contribution is 2.03. The second-order valence-corrected chi connectivity index (χ2v) is 3.72. The molecule has 0 heterocycles. The third kappa shape index (κ3) is 6.73. The lowest BCUT2D eigenvalue weighted by Crippen LogP contribution is -2.35. The molecule has 5 heteroatoms. The second-order valence-electron chi connectivity index (χ2n) is 3.72. The van der Waals surface area contributed by atoms with Crippen molar-refractivity contribution < 1.29 is 14.3 Å². The van der Waals surface area contributed by atoms with Gasteiger partial charge in [0, 0.05) is 18.7 Å². The molecule has 0 aliphatic rings. The molecule has 0 aromatic carbocycles. The Morgan fingerprint density at radius 2 is 2.00 bits per heavy atom. The number of methoxy groups -OCH3 is 1. The van der Waals surface area contributed by atoms with Gasteiger partial charge in [-0.2, -0.15) is 0 Å². The van der Waals surface area contributed by atoms with Crippen LogP contribution in [0.25, 0.3) is 0 Å². The summed E-state index contributed by atoms with van der Waals surface area (Å²) < 4.78 is 4.65. The zero-order chi connectivity index (χ0) is 13.3. The van der Waals surface area contributed by atoms with Crippen molar-refractivity contribution in [2.45, 2.75) is 20.3 Å². The van der Waals surface area contributed by atoms with Gasteiger partial charge in [-0.15, -0.1) is 0 Å². The number of esters is 1. The number of hydrogen-bond donors (Lipinski definition) is 1. The standard InChI is InChI=1S/C12H22N2O3/c1-5-10(12(16)17-4)7-8-14(3)9-11(15)13-6-2/h7H,5-6,8-9H2,1-4H3,(H,13,15). The van der Waals surface area contributed by atoms with Gasteiger partial charge in [-0.3, -0.25) is 9.69 Å². The SMILES string of the molecule is CCNC(=O)CN(C)CC=C(CC)C(=O)OC. The normalized spacial score (nSPS) is 11.5. The number of ether oxygens (including phenoxy) is 1. The molecule has 0 atom stereocenters. The van der Waals surface area contributed by atoms with Crippen molar-refractivity contribution in [3.63, 3.8) is 0 Å². The van der Waals surface area contributed by atoms with Gasteiger partial charge in [-0.05, 0) is 20.4 Å². The smallest absolute Gasteiger partial charge is 0.333 e. The van der Waals surface area contributed by atoms with Gasteiger partial charge in [0.2, 0.25) is 5.91 Å². The number of hydrogen-bond acceptors (Lipinski definition) is 4. The molecular weight excluding hydrogens is 220 g/mol. The van der Waals surface area contributed by atoms with Crippen LogP contribution in [0, 0.1) is 0 Å². The van der Waals surface area contributed by atoms with Gasteiger partial charge in [0.05, 0.1) is 13.7 Å². The Hall–Kier alpha value is -1.36. The van der Waals surface area contributed by atoms with Gasteiger partial charge in [-0.25, -0.2) is 4.79 Å². The van der Waals surface area contributed by atoms with E-state index in [2.05, 4.69) is 10.1 Å². The summed E-state index contributed by atoms with van der Waals surface area (Å²) in [4.78, 5) is 24.4. The Labute approximate surface area is 103 Å². The molecule has 0 aliphatic carbocycles. The minimum atomic E-state index is -0.307. The number of amides is 1. The zero-order valence-electron chi connectivity index (χ0n) is 11.1. The minimum absolute atomic E-state index is 0.0143. The van der Waals surface area contributed by atoms with Crippen molar-refractivity contribution in [2.24, 2.45) is 0 Å². The summed E-state index contributed by atoms with van der Waals surface area (Å²) in [6.45, 7) is 5.28. The summed E-state index contributed by atoms with van der Waals surface area (Å²) in [7, 11) is 3.19. The Morgan fingerprint density at radius 3 is 2.47 bits per heavy atom. The molecule has 0 fully saturated rings. The maximum Gasteiger partial charge on any atom is 0.333 e. The van der Waals surface area contributed by atoms with Gasteiger partial charge >= 0.3 is 5.97 Å². The first-order chi connectivity index (χ1) is 8.04. The number of nitrogens with one attached hydrogen (secondary N) is 1. The molecule has 1 amide bonds. The van der Waals surface area contributed by atoms with E-state index in [0.717, 1.165) is 0 Å². The van der Waals surface area contributed by atoms with Crippen LogP contribution in [0.1, 0.15) is 20.3 Å². The van der Waals surface area contributed by atoms with Gasteiger partial charge in [0.1, 0.15) is 0 Å². The van der Waals surface area contributed by atoms with Crippen molar-refractivity contribution in [2.75, 3.05) is 33.8 Å². The fourth-order valence-electron chi connectivity index (χ4n) is 1.33. The molecule has 0 aromatic heterocycles. The molecule has 0 radical (unpaired) electrons. The largest absolute Gasteiger partial charge is 0.466 e. The van der Waals surface area contributed by atoms with Crippen LogP contribution in [0.4, 0.5) is 0 Å². The molecule has 0 aliphatic heterocycles. The van der Waals surface area contributed by atoms with Crippen molar-refractivity contribution in [1.29, 1.82) is 0 Å². The van der Waals surface area contributed by atoms with Crippen LogP contribution in [0.5, 0.6) is 0 Å². The fourth-order valence-corrected chi connectivity index (χ4v) is 1.33. The summed E-state index contributed by atoms with van der Waals surface area (Å²) in [5.41, 5.74) is 0.634. The number of carbonyl (C=O) groups is 2. The molecule has 0 rings (SSSR count). The summed E-state index contributed by atoms with van der Waals surface area (Å²) in [6, 6.07) is 0. The highest BCUT2D eigenvalue weighted by atomic mass is 16.5. The van der Waals surface area contributed by atoms with Crippen LogP contribution in [0.3, 0.4) is 0 Å². The molecule has 0 saturated heterocycles. The second kappa shape index (κ2) is 8.75. The van der Waals surface area contributed by atoms with Crippen molar-refractivity contribution >= 4 is 11.9 Å². The third-order valence-electron chi connectivity index (χ3n) is 2.27. The topological polar surface area (TPSA) is 58.6 Å². The van der Waals surface area contributed by atoms with Gasteiger partial charge in [0.15, 0.2) is 0 Å². The summed E-state index contributed by atoms with van der Waals surface area (Å²) in [5, 5.41) is 2.72. The van der Waals surface area contributed by atoms with Crippen LogP contribution in [0.2, 0.25) is 0 Å². The van der Waals surface area contributed by atoms with E-state index in [-0.39, 0.29) is 11.9 Å². The number of likely N-dealkylation sites (N-methyl/N-ethyl adjacent to an activating group) is 2. The number of carbonyl (C=O) groups excluding carboxylic acids is 2. The molecular formula is C12H22N2O3. The van der Waals surface area contributed by atoms with Gasteiger partial charge in [-0.1, -0.05) is 13.0 Å². The van der Waals surface area contributed by atoms with E-state index in [4.69, 9.17) is 0 Å². The summed E-state index contributed by atoms with van der Waals surface area (Å²) in [6.07, 6.45) is 2.42. The van der Waals surface area contributed by atoms with Crippen LogP contribution in [0.15, 0.2) is 11.6 Å². The van der Waals surface area contributed by atoms with Gasteiger partial charge in [0.25, 0.3) is 0 Å². The summed E-state index contributed by atoms with van der Waals surface area (Å²) >= 11 is 0. The first-order valence-electron chi connectivity index (χ1n) is 5.77. The van der Waals surface area contributed by atoms with E-state index in [1.807, 2.05) is 25.8 Å². The van der Waals surface area contributed by atoms with Crippen LogP contribution in [-0.4, -0.2) is 50.6 Å². The van der Waals surface area contributed by atoms with Crippen LogP contribution < -0.4 is 5.32 Å². The zero-order valence-corrected chi connectivity index (χ0v) is 11.1. The Morgan fingerprint density at radius 1 is 1.35 bits per heavy atom. The molecule has 0 unspecified atom stereocenters. The fraction of sp³-hybridized carbons (Fsp3) is 0.667. The Kier molecular flexibility index (Phi) is 8.05. The lowest BCUT2D eigenvalue weighted by Gasteiger charge is -2.14.